The quantitative estimate of drug-likeness (QED) is 0.426. The van der Waals surface area contributed by atoms with Gasteiger partial charge in [-0.15, -0.1) is 0 Å². The zero-order valence-electron chi connectivity index (χ0n) is 16.1. The number of ether oxygens (including phenoxy) is 1. The summed E-state index contributed by atoms with van der Waals surface area (Å²) in [6.07, 6.45) is 10.5. The molecule has 25 heavy (non-hydrogen) atoms. The van der Waals surface area contributed by atoms with Gasteiger partial charge in [-0.2, -0.15) is 0 Å². The van der Waals surface area contributed by atoms with Gasteiger partial charge in [0.15, 0.2) is 0 Å². The van der Waals surface area contributed by atoms with Crippen molar-refractivity contribution in [2.24, 2.45) is 5.92 Å². The SMILES string of the molecule is CCCCCCc1ccnc(-c2ccccc2OCCC(C)CC)c1. The summed E-state index contributed by atoms with van der Waals surface area (Å²) >= 11 is 0. The first-order chi connectivity index (χ1) is 12.2. The number of hydrogen-bond donors (Lipinski definition) is 0. The highest BCUT2D eigenvalue weighted by Crippen LogP contribution is 2.29. The Labute approximate surface area is 153 Å². The molecule has 0 N–H and O–H groups in total. The molecule has 1 heterocycles. The fourth-order valence-electron chi connectivity index (χ4n) is 2.91. The third kappa shape index (κ3) is 6.53. The topological polar surface area (TPSA) is 22.1 Å². The second kappa shape index (κ2) is 10.9. The van der Waals surface area contributed by atoms with Crippen LogP contribution in [0, 0.1) is 5.92 Å². The highest BCUT2D eigenvalue weighted by atomic mass is 16.5. The zero-order chi connectivity index (χ0) is 17.9. The maximum Gasteiger partial charge on any atom is 0.128 e. The molecule has 1 atom stereocenters. The minimum atomic E-state index is 0.705. The van der Waals surface area contributed by atoms with E-state index in [0.29, 0.717) is 5.92 Å². The molecule has 2 heteroatoms. The normalized spacial score (nSPS) is 12.1. The van der Waals surface area contributed by atoms with E-state index < -0.39 is 0 Å². The third-order valence-corrected chi connectivity index (χ3v) is 4.87. The Kier molecular flexibility index (Phi) is 8.51. The molecule has 0 radical (unpaired) electrons. The first-order valence-electron chi connectivity index (χ1n) is 9.91. The summed E-state index contributed by atoms with van der Waals surface area (Å²) < 4.78 is 6.08. The Morgan fingerprint density at radius 1 is 1.04 bits per heavy atom. The van der Waals surface area contributed by atoms with Gasteiger partial charge < -0.3 is 4.74 Å². The molecule has 2 rings (SSSR count). The summed E-state index contributed by atoms with van der Waals surface area (Å²) in [5.41, 5.74) is 3.49. The van der Waals surface area contributed by atoms with Crippen LogP contribution in [0.5, 0.6) is 5.75 Å². The van der Waals surface area contributed by atoms with Gasteiger partial charge in [0, 0.05) is 11.8 Å². The van der Waals surface area contributed by atoms with Crippen molar-refractivity contribution in [3.05, 3.63) is 48.2 Å². The minimum Gasteiger partial charge on any atom is -0.493 e. The van der Waals surface area contributed by atoms with Crippen molar-refractivity contribution in [2.45, 2.75) is 65.7 Å². The summed E-state index contributed by atoms with van der Waals surface area (Å²) in [6, 6.07) is 12.6. The standard InChI is InChI=1S/C23H33NO/c1-4-6-7-8-11-20-14-16-24-22(18-20)21-12-9-10-13-23(21)25-17-15-19(3)5-2/h9-10,12-14,16,18-19H,4-8,11,15,17H2,1-3H3. The van der Waals surface area contributed by atoms with Crippen LogP contribution in [0.1, 0.15) is 64.9 Å². The first-order valence-corrected chi connectivity index (χ1v) is 9.91. The average Bonchev–Trinajstić information content (AvgIpc) is 2.66. The second-order valence-electron chi connectivity index (χ2n) is 7.01. The van der Waals surface area contributed by atoms with Gasteiger partial charge in [-0.05, 0) is 55.0 Å². The highest BCUT2D eigenvalue weighted by Gasteiger charge is 2.09. The number of aryl methyl sites for hydroxylation is 1. The fourth-order valence-corrected chi connectivity index (χ4v) is 2.91. The second-order valence-corrected chi connectivity index (χ2v) is 7.01. The highest BCUT2D eigenvalue weighted by molar-refractivity contribution is 5.67. The molecule has 2 aromatic rings. The lowest BCUT2D eigenvalue weighted by Gasteiger charge is -2.13. The van der Waals surface area contributed by atoms with Crippen molar-refractivity contribution < 1.29 is 4.74 Å². The smallest absolute Gasteiger partial charge is 0.128 e. The number of pyridine rings is 1. The molecular formula is C23H33NO. The largest absolute Gasteiger partial charge is 0.493 e. The van der Waals surface area contributed by atoms with Crippen LogP contribution in [-0.4, -0.2) is 11.6 Å². The molecule has 1 unspecified atom stereocenters. The van der Waals surface area contributed by atoms with Crippen LogP contribution in [0.25, 0.3) is 11.3 Å². The molecule has 0 aliphatic rings. The fraction of sp³-hybridized carbons (Fsp3) is 0.522. The number of nitrogens with zero attached hydrogens (tertiary/aromatic N) is 1. The summed E-state index contributed by atoms with van der Waals surface area (Å²) in [6.45, 7) is 7.53. The number of rotatable bonds is 11. The van der Waals surface area contributed by atoms with Crippen molar-refractivity contribution in [3.63, 3.8) is 0 Å². The van der Waals surface area contributed by atoms with Crippen molar-refractivity contribution in [2.75, 3.05) is 6.61 Å². The molecule has 0 fully saturated rings. The van der Waals surface area contributed by atoms with Crippen molar-refractivity contribution >= 4 is 0 Å². The minimum absolute atomic E-state index is 0.705. The summed E-state index contributed by atoms with van der Waals surface area (Å²) in [5, 5.41) is 0. The van der Waals surface area contributed by atoms with Crippen LogP contribution in [-0.2, 0) is 6.42 Å². The van der Waals surface area contributed by atoms with Crippen molar-refractivity contribution in [1.82, 2.24) is 4.98 Å². The lowest BCUT2D eigenvalue weighted by Crippen LogP contribution is -2.04. The predicted molar refractivity (Wildman–Crippen MR) is 107 cm³/mol. The monoisotopic (exact) mass is 339 g/mol. The van der Waals surface area contributed by atoms with E-state index in [2.05, 4.69) is 56.1 Å². The Morgan fingerprint density at radius 3 is 2.68 bits per heavy atom. The van der Waals surface area contributed by atoms with E-state index in [0.717, 1.165) is 36.5 Å². The molecule has 0 amide bonds. The lowest BCUT2D eigenvalue weighted by molar-refractivity contribution is 0.282. The van der Waals surface area contributed by atoms with Crippen LogP contribution in [0.4, 0.5) is 0 Å². The Balaban J connectivity index is 2.05. The summed E-state index contributed by atoms with van der Waals surface area (Å²) in [4.78, 5) is 4.59. The Bertz CT molecular complexity index is 623. The van der Waals surface area contributed by atoms with Crippen molar-refractivity contribution in [3.8, 4) is 17.0 Å². The van der Waals surface area contributed by atoms with Crippen LogP contribution in [0.3, 0.4) is 0 Å². The van der Waals surface area contributed by atoms with Gasteiger partial charge in [-0.1, -0.05) is 58.6 Å². The van der Waals surface area contributed by atoms with E-state index in [1.54, 1.807) is 0 Å². The Hall–Kier alpha value is -1.83. The lowest BCUT2D eigenvalue weighted by atomic mass is 10.0. The maximum absolute atomic E-state index is 6.08. The van der Waals surface area contributed by atoms with E-state index in [9.17, 15) is 0 Å². The van der Waals surface area contributed by atoms with Crippen LogP contribution < -0.4 is 4.74 Å². The van der Waals surface area contributed by atoms with Crippen LogP contribution >= 0.6 is 0 Å². The van der Waals surface area contributed by atoms with Gasteiger partial charge >= 0.3 is 0 Å². The van der Waals surface area contributed by atoms with E-state index in [1.165, 1.54) is 37.7 Å². The summed E-state index contributed by atoms with van der Waals surface area (Å²) in [7, 11) is 0. The van der Waals surface area contributed by atoms with E-state index in [4.69, 9.17) is 4.74 Å². The maximum atomic E-state index is 6.08. The van der Waals surface area contributed by atoms with E-state index in [1.807, 2.05) is 12.3 Å². The molecule has 1 aromatic heterocycles. The number of aromatic nitrogens is 1. The number of unbranched alkanes of at least 4 members (excludes halogenated alkanes) is 3. The molecular weight excluding hydrogens is 306 g/mol. The molecule has 0 saturated carbocycles. The number of para-hydroxylation sites is 1. The average molecular weight is 340 g/mol. The third-order valence-electron chi connectivity index (χ3n) is 4.87. The molecule has 0 aliphatic carbocycles. The van der Waals surface area contributed by atoms with Crippen LogP contribution in [0.2, 0.25) is 0 Å². The van der Waals surface area contributed by atoms with Gasteiger partial charge in [-0.3, -0.25) is 4.98 Å². The van der Waals surface area contributed by atoms with E-state index >= 15 is 0 Å². The molecule has 0 spiro atoms. The van der Waals surface area contributed by atoms with Gasteiger partial charge in [0.2, 0.25) is 0 Å². The number of hydrogen-bond acceptors (Lipinski definition) is 2. The van der Waals surface area contributed by atoms with Gasteiger partial charge in [0.25, 0.3) is 0 Å². The van der Waals surface area contributed by atoms with Crippen molar-refractivity contribution in [1.29, 1.82) is 0 Å². The van der Waals surface area contributed by atoms with Gasteiger partial charge in [0.05, 0.1) is 12.3 Å². The number of benzene rings is 1. The van der Waals surface area contributed by atoms with Gasteiger partial charge in [0.1, 0.15) is 5.75 Å². The Morgan fingerprint density at radius 2 is 1.88 bits per heavy atom. The zero-order valence-corrected chi connectivity index (χ0v) is 16.1. The first kappa shape index (κ1) is 19.5. The molecule has 0 aliphatic heterocycles. The summed E-state index contributed by atoms with van der Waals surface area (Å²) in [5.74, 6) is 1.65. The molecule has 0 bridgehead atoms. The molecule has 1 aromatic carbocycles. The molecule has 0 saturated heterocycles. The molecule has 136 valence electrons. The van der Waals surface area contributed by atoms with E-state index in [-0.39, 0.29) is 0 Å². The molecule has 2 nitrogen and oxygen atoms in total. The predicted octanol–water partition coefficient (Wildman–Crippen LogP) is 6.69. The van der Waals surface area contributed by atoms with Crippen LogP contribution in [0.15, 0.2) is 42.6 Å². The van der Waals surface area contributed by atoms with Gasteiger partial charge in [-0.25, -0.2) is 0 Å².